The molecule has 1 aliphatic rings. The average Bonchev–Trinajstić information content (AvgIpc) is 2.57. The van der Waals surface area contributed by atoms with Gasteiger partial charge in [0.25, 0.3) is 0 Å². The Morgan fingerprint density at radius 1 is 1.12 bits per heavy atom. The molecule has 1 aromatic rings. The van der Waals surface area contributed by atoms with Crippen molar-refractivity contribution in [2.24, 2.45) is 0 Å². The van der Waals surface area contributed by atoms with E-state index in [1.165, 1.54) is 6.07 Å². The van der Waals surface area contributed by atoms with Crippen molar-refractivity contribution in [1.82, 2.24) is 9.80 Å². The third-order valence-electron chi connectivity index (χ3n) is 3.74. The van der Waals surface area contributed by atoms with Gasteiger partial charge in [0, 0.05) is 32.7 Å². The normalized spacial score (nSPS) is 16.3. The van der Waals surface area contributed by atoms with Crippen LogP contribution in [-0.2, 0) is 17.5 Å². The largest absolute Gasteiger partial charge is 0.465 e. The molecule has 0 spiro atoms. The van der Waals surface area contributed by atoms with E-state index in [-0.39, 0.29) is 5.56 Å². The lowest BCUT2D eigenvalue weighted by Gasteiger charge is -2.32. The lowest BCUT2D eigenvalue weighted by Crippen LogP contribution is -2.43. The molecule has 2 rings (SSSR count). The van der Waals surface area contributed by atoms with Crippen LogP contribution in [0, 0.1) is 0 Å². The van der Waals surface area contributed by atoms with Crippen LogP contribution < -0.4 is 0 Å². The second kappa shape index (κ2) is 9.03. The Balaban J connectivity index is 0.00000139. The van der Waals surface area contributed by atoms with Crippen LogP contribution >= 0.6 is 0 Å². The van der Waals surface area contributed by atoms with Crippen LogP contribution in [0.3, 0.4) is 0 Å². The zero-order valence-electron chi connectivity index (χ0n) is 14.6. The van der Waals surface area contributed by atoms with Crippen LogP contribution in [0.5, 0.6) is 0 Å². The molecule has 0 aromatic heterocycles. The van der Waals surface area contributed by atoms with Gasteiger partial charge in [-0.15, -0.1) is 0 Å². The summed E-state index contributed by atoms with van der Waals surface area (Å²) in [6.45, 7) is 7.73. The fourth-order valence-corrected chi connectivity index (χ4v) is 2.45. The fraction of sp³-hybridized carbons (Fsp3) is 0.588. The predicted octanol–water partition coefficient (Wildman–Crippen LogP) is 3.27. The summed E-state index contributed by atoms with van der Waals surface area (Å²) in [4.78, 5) is 15.8. The van der Waals surface area contributed by atoms with Crippen LogP contribution in [0.1, 0.15) is 35.3 Å². The molecule has 0 atom stereocenters. The van der Waals surface area contributed by atoms with E-state index in [0.717, 1.165) is 45.4 Å². The van der Waals surface area contributed by atoms with E-state index in [0.29, 0.717) is 12.1 Å². The topological polar surface area (TPSA) is 32.8 Å². The SMILES string of the molecule is CC.COC(=O)c1cc(CN2CCN(C)CC2)cc(C(F)(F)F)c1. The van der Waals surface area contributed by atoms with Crippen molar-refractivity contribution >= 4 is 5.97 Å². The summed E-state index contributed by atoms with van der Waals surface area (Å²) in [7, 11) is 3.17. The molecule has 1 aromatic carbocycles. The van der Waals surface area contributed by atoms with E-state index in [2.05, 4.69) is 14.5 Å². The molecule has 0 unspecified atom stereocenters. The van der Waals surface area contributed by atoms with Gasteiger partial charge in [0.2, 0.25) is 0 Å². The van der Waals surface area contributed by atoms with Crippen molar-refractivity contribution < 1.29 is 22.7 Å². The van der Waals surface area contributed by atoms with E-state index in [9.17, 15) is 18.0 Å². The first-order chi connectivity index (χ1) is 11.3. The molecule has 136 valence electrons. The van der Waals surface area contributed by atoms with Crippen LogP contribution in [0.15, 0.2) is 18.2 Å². The van der Waals surface area contributed by atoms with Gasteiger partial charge in [-0.3, -0.25) is 4.90 Å². The molecular formula is C17H25F3N2O2. The number of nitrogens with zero attached hydrogens (tertiary/aromatic N) is 2. The standard InChI is InChI=1S/C15H19F3N2O2.C2H6/c1-19-3-5-20(6-4-19)10-11-7-12(14(21)22-2)9-13(8-11)15(16,17)18;1-2/h7-9H,3-6,10H2,1-2H3;1-2H3. The minimum Gasteiger partial charge on any atom is -0.465 e. The first kappa shape index (κ1) is 20.4. The molecule has 24 heavy (non-hydrogen) atoms. The first-order valence-corrected chi connectivity index (χ1v) is 8.00. The van der Waals surface area contributed by atoms with E-state index in [4.69, 9.17) is 0 Å². The van der Waals surface area contributed by atoms with Crippen molar-refractivity contribution in [1.29, 1.82) is 0 Å². The number of likely N-dealkylation sites (N-methyl/N-ethyl adjacent to an activating group) is 1. The highest BCUT2D eigenvalue weighted by molar-refractivity contribution is 5.89. The van der Waals surface area contributed by atoms with Gasteiger partial charge in [0.05, 0.1) is 18.2 Å². The van der Waals surface area contributed by atoms with E-state index < -0.39 is 17.7 Å². The molecule has 1 heterocycles. The zero-order valence-corrected chi connectivity index (χ0v) is 14.6. The van der Waals surface area contributed by atoms with E-state index in [1.54, 1.807) is 0 Å². The monoisotopic (exact) mass is 346 g/mol. The van der Waals surface area contributed by atoms with E-state index in [1.807, 2.05) is 20.9 Å². The molecule has 0 N–H and O–H groups in total. The van der Waals surface area contributed by atoms with Gasteiger partial charge in [-0.25, -0.2) is 4.79 Å². The molecule has 0 amide bonds. The highest BCUT2D eigenvalue weighted by atomic mass is 19.4. The Kier molecular flexibility index (Phi) is 7.69. The molecule has 1 fully saturated rings. The number of alkyl halides is 3. The van der Waals surface area contributed by atoms with Crippen molar-refractivity contribution in [3.05, 3.63) is 34.9 Å². The summed E-state index contributed by atoms with van der Waals surface area (Å²) in [6.07, 6.45) is -4.49. The second-order valence-electron chi connectivity index (χ2n) is 5.49. The van der Waals surface area contributed by atoms with Crippen molar-refractivity contribution in [2.75, 3.05) is 40.3 Å². The van der Waals surface area contributed by atoms with Gasteiger partial charge >= 0.3 is 12.1 Å². The maximum Gasteiger partial charge on any atom is 0.416 e. The van der Waals surface area contributed by atoms with Crippen LogP contribution in [0.2, 0.25) is 0 Å². The predicted molar refractivity (Wildman–Crippen MR) is 86.9 cm³/mol. The number of carbonyl (C=O) groups excluding carboxylic acids is 1. The Morgan fingerprint density at radius 2 is 1.71 bits per heavy atom. The minimum absolute atomic E-state index is 0.0681. The lowest BCUT2D eigenvalue weighted by atomic mass is 10.0. The average molecular weight is 346 g/mol. The maximum absolute atomic E-state index is 13.0. The molecule has 4 nitrogen and oxygen atoms in total. The van der Waals surface area contributed by atoms with Gasteiger partial charge in [0.1, 0.15) is 0 Å². The fourth-order valence-electron chi connectivity index (χ4n) is 2.45. The summed E-state index contributed by atoms with van der Waals surface area (Å²) in [5, 5.41) is 0. The van der Waals surface area contributed by atoms with Crippen molar-refractivity contribution in [2.45, 2.75) is 26.6 Å². The number of rotatable bonds is 3. The Labute approximate surface area is 141 Å². The number of carbonyl (C=O) groups is 1. The third kappa shape index (κ3) is 5.79. The molecule has 7 heteroatoms. The molecule has 0 saturated carbocycles. The van der Waals surface area contributed by atoms with Crippen LogP contribution in [0.25, 0.3) is 0 Å². The number of piperazine rings is 1. The Hall–Kier alpha value is -1.60. The molecule has 0 bridgehead atoms. The van der Waals surface area contributed by atoms with Crippen LogP contribution in [0.4, 0.5) is 13.2 Å². The first-order valence-electron chi connectivity index (χ1n) is 8.00. The van der Waals surface area contributed by atoms with E-state index >= 15 is 0 Å². The van der Waals surface area contributed by atoms with Gasteiger partial charge in [0.15, 0.2) is 0 Å². The molecule has 1 aliphatic heterocycles. The second-order valence-corrected chi connectivity index (χ2v) is 5.49. The lowest BCUT2D eigenvalue weighted by molar-refractivity contribution is -0.137. The number of hydrogen-bond acceptors (Lipinski definition) is 4. The highest BCUT2D eigenvalue weighted by Gasteiger charge is 2.32. The number of esters is 1. The van der Waals surface area contributed by atoms with Crippen molar-refractivity contribution in [3.8, 4) is 0 Å². The third-order valence-corrected chi connectivity index (χ3v) is 3.74. The number of methoxy groups -OCH3 is 1. The molecule has 1 saturated heterocycles. The summed E-state index contributed by atoms with van der Waals surface area (Å²) in [6, 6.07) is 3.41. The maximum atomic E-state index is 13.0. The van der Waals surface area contributed by atoms with Gasteiger partial charge in [-0.05, 0) is 30.8 Å². The summed E-state index contributed by atoms with van der Waals surface area (Å²) in [5.41, 5.74) is -0.416. The van der Waals surface area contributed by atoms with Gasteiger partial charge in [-0.2, -0.15) is 13.2 Å². The summed E-state index contributed by atoms with van der Waals surface area (Å²) in [5.74, 6) is -0.759. The number of halogens is 3. The highest BCUT2D eigenvalue weighted by Crippen LogP contribution is 2.31. The molecule has 0 radical (unpaired) electrons. The Bertz CT molecular complexity index is 539. The minimum atomic E-state index is -4.49. The van der Waals surface area contributed by atoms with Crippen LogP contribution in [-0.4, -0.2) is 56.1 Å². The van der Waals surface area contributed by atoms with Gasteiger partial charge in [-0.1, -0.05) is 13.8 Å². The molecule has 0 aliphatic carbocycles. The summed E-state index contributed by atoms with van der Waals surface area (Å²) >= 11 is 0. The smallest absolute Gasteiger partial charge is 0.416 e. The number of ether oxygens (including phenoxy) is 1. The Morgan fingerprint density at radius 3 is 2.21 bits per heavy atom. The zero-order chi connectivity index (χ0) is 18.3. The number of hydrogen-bond donors (Lipinski definition) is 0. The van der Waals surface area contributed by atoms with Gasteiger partial charge < -0.3 is 9.64 Å². The quantitative estimate of drug-likeness (QED) is 0.787. The number of benzene rings is 1. The summed E-state index contributed by atoms with van der Waals surface area (Å²) < 4.78 is 43.5. The van der Waals surface area contributed by atoms with Crippen molar-refractivity contribution in [3.63, 3.8) is 0 Å². The molecular weight excluding hydrogens is 321 g/mol.